The number of rotatable bonds is 5. The van der Waals surface area contributed by atoms with Crippen molar-refractivity contribution in [1.82, 2.24) is 19.3 Å². The van der Waals surface area contributed by atoms with E-state index in [4.69, 9.17) is 4.74 Å². The van der Waals surface area contributed by atoms with E-state index >= 15 is 0 Å². The van der Waals surface area contributed by atoms with Gasteiger partial charge in [0.05, 0.1) is 17.6 Å². The molecule has 0 atom stereocenters. The number of aromatic nitrogens is 4. The summed E-state index contributed by atoms with van der Waals surface area (Å²) in [5, 5.41) is 2.51. The molecule has 0 radical (unpaired) electrons. The standard InChI is InChI=1S/C18H17N5O4/c1-12-16(17(25)23(22(12)2)13-6-4-3-5-7-13)21-15(24)11-27-18(26)14-10-19-8-9-20-14/h3-10H,11H2,1-2H3,(H,21,24). The average molecular weight is 367 g/mol. The van der Waals surface area contributed by atoms with Gasteiger partial charge in [0.25, 0.3) is 11.5 Å². The minimum atomic E-state index is -0.773. The van der Waals surface area contributed by atoms with Crippen LogP contribution in [0.5, 0.6) is 0 Å². The highest BCUT2D eigenvalue weighted by Crippen LogP contribution is 2.13. The topological polar surface area (TPSA) is 108 Å². The number of ether oxygens (including phenoxy) is 1. The lowest BCUT2D eigenvalue weighted by atomic mass is 10.3. The number of esters is 1. The van der Waals surface area contributed by atoms with Gasteiger partial charge in [0.2, 0.25) is 0 Å². The summed E-state index contributed by atoms with van der Waals surface area (Å²) in [4.78, 5) is 44.2. The van der Waals surface area contributed by atoms with Gasteiger partial charge >= 0.3 is 5.97 Å². The van der Waals surface area contributed by atoms with Crippen LogP contribution in [0.1, 0.15) is 16.2 Å². The second-order valence-corrected chi connectivity index (χ2v) is 5.65. The van der Waals surface area contributed by atoms with Gasteiger partial charge in [0.1, 0.15) is 5.69 Å². The highest BCUT2D eigenvalue weighted by atomic mass is 16.5. The Morgan fingerprint density at radius 3 is 2.59 bits per heavy atom. The van der Waals surface area contributed by atoms with Crippen LogP contribution in [0.15, 0.2) is 53.7 Å². The second kappa shape index (κ2) is 7.65. The van der Waals surface area contributed by atoms with Crippen molar-refractivity contribution in [3.8, 4) is 5.69 Å². The molecule has 3 rings (SSSR count). The lowest BCUT2D eigenvalue weighted by molar-refractivity contribution is -0.119. The zero-order chi connectivity index (χ0) is 19.4. The molecule has 27 heavy (non-hydrogen) atoms. The lowest BCUT2D eigenvalue weighted by Gasteiger charge is -2.07. The Morgan fingerprint density at radius 1 is 1.19 bits per heavy atom. The predicted molar refractivity (Wildman–Crippen MR) is 96.7 cm³/mol. The van der Waals surface area contributed by atoms with E-state index in [9.17, 15) is 14.4 Å². The molecule has 9 heteroatoms. The third-order valence-electron chi connectivity index (χ3n) is 3.93. The molecular formula is C18H17N5O4. The molecule has 0 spiro atoms. The fourth-order valence-electron chi connectivity index (χ4n) is 2.50. The highest BCUT2D eigenvalue weighted by molar-refractivity contribution is 5.95. The number of carbonyl (C=O) groups is 2. The van der Waals surface area contributed by atoms with Gasteiger partial charge in [-0.1, -0.05) is 18.2 Å². The normalized spacial score (nSPS) is 10.4. The molecule has 2 heterocycles. The molecule has 3 aromatic rings. The van der Waals surface area contributed by atoms with E-state index in [0.29, 0.717) is 11.4 Å². The van der Waals surface area contributed by atoms with Crippen LogP contribution in [0.3, 0.4) is 0 Å². The predicted octanol–water partition coefficient (Wildman–Crippen LogP) is 1.07. The molecular weight excluding hydrogens is 350 g/mol. The van der Waals surface area contributed by atoms with E-state index in [1.165, 1.54) is 23.3 Å². The van der Waals surface area contributed by atoms with Gasteiger partial charge < -0.3 is 10.1 Å². The van der Waals surface area contributed by atoms with Gasteiger partial charge in [-0.2, -0.15) is 0 Å². The van der Waals surface area contributed by atoms with Gasteiger partial charge in [-0.25, -0.2) is 14.5 Å². The van der Waals surface area contributed by atoms with Crippen molar-refractivity contribution < 1.29 is 14.3 Å². The van der Waals surface area contributed by atoms with E-state index < -0.39 is 18.5 Å². The van der Waals surface area contributed by atoms with Crippen LogP contribution < -0.4 is 10.9 Å². The molecule has 9 nitrogen and oxygen atoms in total. The van der Waals surface area contributed by atoms with Gasteiger partial charge in [-0.15, -0.1) is 0 Å². The summed E-state index contributed by atoms with van der Waals surface area (Å²) in [6.45, 7) is 1.16. The molecule has 138 valence electrons. The van der Waals surface area contributed by atoms with Crippen LogP contribution in [-0.2, 0) is 16.6 Å². The fourth-order valence-corrected chi connectivity index (χ4v) is 2.50. The Hall–Kier alpha value is -3.75. The molecule has 1 N–H and O–H groups in total. The van der Waals surface area contributed by atoms with Crippen LogP contribution in [0.2, 0.25) is 0 Å². The van der Waals surface area contributed by atoms with Crippen molar-refractivity contribution in [1.29, 1.82) is 0 Å². The Balaban J connectivity index is 1.73. The average Bonchev–Trinajstić information content (AvgIpc) is 2.90. The monoisotopic (exact) mass is 367 g/mol. The number of carbonyl (C=O) groups excluding carboxylic acids is 2. The molecule has 0 unspecified atom stereocenters. The van der Waals surface area contributed by atoms with E-state index in [0.717, 1.165) is 0 Å². The maximum absolute atomic E-state index is 12.7. The lowest BCUT2D eigenvalue weighted by Crippen LogP contribution is -2.26. The third-order valence-corrected chi connectivity index (χ3v) is 3.93. The summed E-state index contributed by atoms with van der Waals surface area (Å²) in [5.74, 6) is -1.40. The van der Waals surface area contributed by atoms with Crippen LogP contribution in [0.25, 0.3) is 5.69 Å². The molecule has 0 saturated heterocycles. The van der Waals surface area contributed by atoms with Crippen molar-refractivity contribution in [3.05, 3.63) is 70.7 Å². The van der Waals surface area contributed by atoms with E-state index in [-0.39, 0.29) is 16.9 Å². The number of benzene rings is 1. The smallest absolute Gasteiger partial charge is 0.359 e. The largest absolute Gasteiger partial charge is 0.451 e. The summed E-state index contributed by atoms with van der Waals surface area (Å²) in [5.41, 5.74) is 0.976. The number of nitrogens with one attached hydrogen (secondary N) is 1. The Bertz CT molecular complexity index is 1030. The van der Waals surface area contributed by atoms with E-state index in [1.807, 2.05) is 18.2 Å². The zero-order valence-electron chi connectivity index (χ0n) is 14.7. The number of nitrogens with zero attached hydrogens (tertiary/aromatic N) is 4. The fraction of sp³-hybridized carbons (Fsp3) is 0.167. The summed E-state index contributed by atoms with van der Waals surface area (Å²) in [6.07, 6.45) is 4.00. The van der Waals surface area contributed by atoms with Crippen LogP contribution >= 0.6 is 0 Å². The van der Waals surface area contributed by atoms with Crippen molar-refractivity contribution >= 4 is 17.6 Å². The number of hydrogen-bond donors (Lipinski definition) is 1. The SMILES string of the molecule is Cc1c(NC(=O)COC(=O)c2cnccn2)c(=O)n(-c2ccccc2)n1C. The second-order valence-electron chi connectivity index (χ2n) is 5.65. The molecule has 0 saturated carbocycles. The summed E-state index contributed by atoms with van der Waals surface area (Å²) in [6, 6.07) is 9.05. The number of anilines is 1. The van der Waals surface area contributed by atoms with Gasteiger partial charge in [0.15, 0.2) is 12.3 Å². The first-order chi connectivity index (χ1) is 13.0. The van der Waals surface area contributed by atoms with Gasteiger partial charge in [-0.3, -0.25) is 19.3 Å². The summed E-state index contributed by atoms with van der Waals surface area (Å²) < 4.78 is 7.97. The number of amides is 1. The molecule has 0 bridgehead atoms. The van der Waals surface area contributed by atoms with Gasteiger partial charge in [0, 0.05) is 19.4 Å². The molecule has 0 aliphatic carbocycles. The minimum absolute atomic E-state index is 0.00683. The Morgan fingerprint density at radius 2 is 1.93 bits per heavy atom. The molecule has 0 fully saturated rings. The first-order valence-electron chi connectivity index (χ1n) is 8.06. The van der Waals surface area contributed by atoms with E-state index in [1.54, 1.807) is 30.8 Å². The maximum Gasteiger partial charge on any atom is 0.359 e. The van der Waals surface area contributed by atoms with Gasteiger partial charge in [-0.05, 0) is 19.1 Å². The molecule has 2 aromatic heterocycles. The molecule has 0 aliphatic heterocycles. The first kappa shape index (κ1) is 18.1. The third kappa shape index (κ3) is 3.76. The highest BCUT2D eigenvalue weighted by Gasteiger charge is 2.19. The summed E-state index contributed by atoms with van der Waals surface area (Å²) in [7, 11) is 1.72. The maximum atomic E-state index is 12.7. The van der Waals surface area contributed by atoms with Crippen LogP contribution in [-0.4, -0.2) is 37.8 Å². The molecule has 0 aliphatic rings. The minimum Gasteiger partial charge on any atom is -0.451 e. The first-order valence-corrected chi connectivity index (χ1v) is 8.06. The Labute approximate surface area is 154 Å². The van der Waals surface area contributed by atoms with Crippen molar-refractivity contribution in [3.63, 3.8) is 0 Å². The Kier molecular flexibility index (Phi) is 5.11. The van der Waals surface area contributed by atoms with Crippen LogP contribution in [0, 0.1) is 6.92 Å². The zero-order valence-corrected chi connectivity index (χ0v) is 14.7. The number of hydrogen-bond acceptors (Lipinski definition) is 6. The van der Waals surface area contributed by atoms with Crippen molar-refractivity contribution in [2.75, 3.05) is 11.9 Å². The quantitative estimate of drug-likeness (QED) is 0.676. The van der Waals surface area contributed by atoms with Crippen molar-refractivity contribution in [2.24, 2.45) is 7.05 Å². The number of para-hydroxylation sites is 1. The molecule has 1 aromatic carbocycles. The van der Waals surface area contributed by atoms with Crippen molar-refractivity contribution in [2.45, 2.75) is 6.92 Å². The van der Waals surface area contributed by atoms with Crippen LogP contribution in [0.4, 0.5) is 5.69 Å². The summed E-state index contributed by atoms with van der Waals surface area (Å²) >= 11 is 0. The van der Waals surface area contributed by atoms with E-state index in [2.05, 4.69) is 15.3 Å². The molecule has 1 amide bonds.